The summed E-state index contributed by atoms with van der Waals surface area (Å²) in [5.74, 6) is -0.154. The first-order valence-electron chi connectivity index (χ1n) is 11.5. The maximum atomic E-state index is 13.5. The van der Waals surface area contributed by atoms with Crippen LogP contribution in [-0.2, 0) is 14.3 Å². The van der Waals surface area contributed by atoms with Crippen LogP contribution in [0.1, 0.15) is 51.8 Å². The van der Waals surface area contributed by atoms with E-state index in [4.69, 9.17) is 9.47 Å². The lowest BCUT2D eigenvalue weighted by atomic mass is 10.0. The molecule has 35 heavy (non-hydrogen) atoms. The quantitative estimate of drug-likeness (QED) is 0.537. The Morgan fingerprint density at radius 2 is 1.77 bits per heavy atom. The van der Waals surface area contributed by atoms with Crippen LogP contribution in [0.3, 0.4) is 0 Å². The van der Waals surface area contributed by atoms with Crippen molar-refractivity contribution in [3.63, 3.8) is 0 Å². The van der Waals surface area contributed by atoms with Gasteiger partial charge in [-0.15, -0.1) is 0 Å². The summed E-state index contributed by atoms with van der Waals surface area (Å²) in [6.45, 7) is 12.6. The van der Waals surface area contributed by atoms with Crippen molar-refractivity contribution in [2.75, 3.05) is 19.0 Å². The smallest absolute Gasteiger partial charge is 0.408 e. The molecule has 3 amide bonds. The Morgan fingerprint density at radius 1 is 1.11 bits per heavy atom. The first kappa shape index (κ1) is 27.4. The van der Waals surface area contributed by atoms with Crippen molar-refractivity contribution in [1.29, 1.82) is 0 Å². The molecule has 2 unspecified atom stereocenters. The van der Waals surface area contributed by atoms with Gasteiger partial charge in [0.1, 0.15) is 23.4 Å². The molecule has 0 saturated carbocycles. The van der Waals surface area contributed by atoms with Gasteiger partial charge in [-0.05, 0) is 76.1 Å². The third kappa shape index (κ3) is 7.88. The maximum Gasteiger partial charge on any atom is 0.408 e. The fraction of sp³-hybridized carbons (Fsp3) is 0.370. The van der Waals surface area contributed by atoms with E-state index in [1.54, 1.807) is 84.2 Å². The van der Waals surface area contributed by atoms with E-state index in [-0.39, 0.29) is 6.54 Å². The Bertz CT molecular complexity index is 1040. The monoisotopic (exact) mass is 481 g/mol. The minimum absolute atomic E-state index is 0.234. The van der Waals surface area contributed by atoms with Crippen molar-refractivity contribution in [3.8, 4) is 5.75 Å². The van der Waals surface area contributed by atoms with E-state index >= 15 is 0 Å². The van der Waals surface area contributed by atoms with E-state index in [0.29, 0.717) is 17.0 Å². The fourth-order valence-electron chi connectivity index (χ4n) is 3.47. The lowest BCUT2D eigenvalue weighted by Crippen LogP contribution is -2.51. The molecule has 0 aliphatic heterocycles. The van der Waals surface area contributed by atoms with Crippen molar-refractivity contribution in [2.24, 2.45) is 0 Å². The maximum absolute atomic E-state index is 13.5. The first-order chi connectivity index (χ1) is 16.5. The Morgan fingerprint density at radius 3 is 2.31 bits per heavy atom. The molecule has 0 heterocycles. The highest BCUT2D eigenvalue weighted by atomic mass is 16.6. The first-order valence-corrected chi connectivity index (χ1v) is 11.5. The number of methoxy groups -OCH3 is 1. The Hall–Kier alpha value is -3.81. The topological polar surface area (TPSA) is 97.0 Å². The number of nitrogens with zero attached hydrogens (tertiary/aromatic N) is 1. The Labute approximate surface area is 207 Å². The third-order valence-corrected chi connectivity index (χ3v) is 5.11. The van der Waals surface area contributed by atoms with Crippen LogP contribution in [0.25, 0.3) is 6.08 Å². The zero-order valence-electron chi connectivity index (χ0n) is 21.3. The highest BCUT2D eigenvalue weighted by molar-refractivity contribution is 5.99. The number of alkyl carbamates (subject to hydrolysis) is 1. The molecule has 0 spiro atoms. The second-order valence-corrected chi connectivity index (χ2v) is 8.99. The average Bonchev–Trinajstić information content (AvgIpc) is 2.81. The molecule has 2 N–H and O–H groups in total. The van der Waals surface area contributed by atoms with E-state index in [1.165, 1.54) is 4.90 Å². The van der Waals surface area contributed by atoms with Crippen LogP contribution in [0.15, 0.2) is 55.1 Å². The van der Waals surface area contributed by atoms with E-state index in [1.807, 2.05) is 12.1 Å². The normalized spacial score (nSPS) is 12.6. The summed E-state index contributed by atoms with van der Waals surface area (Å²) in [7, 11) is 1.56. The molecule has 8 nitrogen and oxygen atoms in total. The summed E-state index contributed by atoms with van der Waals surface area (Å²) < 4.78 is 10.4. The number of amides is 3. The second-order valence-electron chi connectivity index (χ2n) is 8.99. The number of ether oxygens (including phenoxy) is 2. The van der Waals surface area contributed by atoms with Crippen LogP contribution in [0.5, 0.6) is 5.75 Å². The third-order valence-electron chi connectivity index (χ3n) is 5.11. The molecule has 2 atom stereocenters. The molecule has 0 radical (unpaired) electrons. The summed E-state index contributed by atoms with van der Waals surface area (Å²) in [6.07, 6.45) is 0.967. The van der Waals surface area contributed by atoms with E-state index in [0.717, 1.165) is 5.56 Å². The number of anilines is 1. The van der Waals surface area contributed by atoms with Crippen LogP contribution in [0, 0.1) is 0 Å². The van der Waals surface area contributed by atoms with Crippen LogP contribution in [0.4, 0.5) is 10.5 Å². The van der Waals surface area contributed by atoms with Gasteiger partial charge in [0.25, 0.3) is 5.91 Å². The average molecular weight is 482 g/mol. The summed E-state index contributed by atoms with van der Waals surface area (Å²) in [4.78, 5) is 40.6. The van der Waals surface area contributed by atoms with Crippen molar-refractivity contribution in [2.45, 2.75) is 52.3 Å². The van der Waals surface area contributed by atoms with E-state index < -0.39 is 35.6 Å². The van der Waals surface area contributed by atoms with Gasteiger partial charge in [0.2, 0.25) is 5.91 Å². The lowest BCUT2D eigenvalue weighted by Gasteiger charge is -2.33. The molecule has 2 rings (SSSR count). The molecule has 0 bridgehead atoms. The van der Waals surface area contributed by atoms with Crippen molar-refractivity contribution < 1.29 is 23.9 Å². The molecule has 0 aromatic heterocycles. The Kier molecular flexibility index (Phi) is 9.45. The number of nitrogens with one attached hydrogen (secondary N) is 2. The molecule has 2 aromatic carbocycles. The largest absolute Gasteiger partial charge is 0.497 e. The fourth-order valence-corrected chi connectivity index (χ4v) is 3.47. The van der Waals surface area contributed by atoms with Gasteiger partial charge < -0.3 is 25.0 Å². The highest BCUT2D eigenvalue weighted by Crippen LogP contribution is 2.26. The number of benzene rings is 2. The molecule has 8 heteroatoms. The number of hydrogen-bond acceptors (Lipinski definition) is 5. The van der Waals surface area contributed by atoms with Gasteiger partial charge in [-0.2, -0.15) is 0 Å². The summed E-state index contributed by atoms with van der Waals surface area (Å²) in [5, 5.41) is 5.45. The van der Waals surface area contributed by atoms with Crippen molar-refractivity contribution in [3.05, 3.63) is 66.2 Å². The number of likely N-dealkylation sites (N-methyl/N-ethyl adjacent to an activating group) is 1. The summed E-state index contributed by atoms with van der Waals surface area (Å²) >= 11 is 0. The van der Waals surface area contributed by atoms with Gasteiger partial charge in [-0.25, -0.2) is 4.79 Å². The molecule has 188 valence electrons. The highest BCUT2D eigenvalue weighted by Gasteiger charge is 2.34. The number of rotatable bonds is 9. The number of carbonyl (C=O) groups excluding carboxylic acids is 3. The van der Waals surface area contributed by atoms with Crippen molar-refractivity contribution >= 4 is 29.7 Å². The zero-order chi connectivity index (χ0) is 26.2. The predicted octanol–water partition coefficient (Wildman–Crippen LogP) is 4.78. The van der Waals surface area contributed by atoms with Gasteiger partial charge in [0.05, 0.1) is 7.11 Å². The summed E-state index contributed by atoms with van der Waals surface area (Å²) in [6, 6.07) is 12.3. The number of carbonyl (C=O) groups is 3. The minimum atomic E-state index is -0.947. The van der Waals surface area contributed by atoms with Crippen LogP contribution < -0.4 is 15.4 Å². The second kappa shape index (κ2) is 12.1. The standard InChI is InChI=1S/C27H35N3O5/c1-8-19-11-10-12-20(17-19)23(24(31)29-21-13-15-22(34-7)16-14-21)30(9-2)25(32)18(3)28-26(33)35-27(4,5)6/h8,10-18,23H,1,9H2,2-7H3,(H,28,33)(H,29,31). The van der Waals surface area contributed by atoms with Crippen LogP contribution >= 0.6 is 0 Å². The van der Waals surface area contributed by atoms with Gasteiger partial charge in [0, 0.05) is 12.2 Å². The molecular formula is C27H35N3O5. The minimum Gasteiger partial charge on any atom is -0.497 e. The van der Waals surface area contributed by atoms with Crippen LogP contribution in [-0.4, -0.2) is 48.1 Å². The molecule has 0 aliphatic carbocycles. The molecule has 2 aromatic rings. The molecule has 0 saturated heterocycles. The molecule has 0 fully saturated rings. The molecular weight excluding hydrogens is 446 g/mol. The van der Waals surface area contributed by atoms with Gasteiger partial charge in [-0.1, -0.05) is 30.9 Å². The Balaban J connectivity index is 2.36. The number of hydrogen-bond donors (Lipinski definition) is 2. The van der Waals surface area contributed by atoms with Crippen LogP contribution in [0.2, 0.25) is 0 Å². The SMILES string of the molecule is C=Cc1cccc(C(C(=O)Nc2ccc(OC)cc2)N(CC)C(=O)C(C)NC(=O)OC(C)(C)C)c1. The van der Waals surface area contributed by atoms with Gasteiger partial charge >= 0.3 is 6.09 Å². The van der Waals surface area contributed by atoms with Gasteiger partial charge in [0.15, 0.2) is 0 Å². The lowest BCUT2D eigenvalue weighted by molar-refractivity contribution is -0.140. The predicted molar refractivity (Wildman–Crippen MR) is 137 cm³/mol. The van der Waals surface area contributed by atoms with Gasteiger partial charge in [-0.3, -0.25) is 9.59 Å². The van der Waals surface area contributed by atoms with E-state index in [2.05, 4.69) is 17.2 Å². The van der Waals surface area contributed by atoms with Crippen molar-refractivity contribution in [1.82, 2.24) is 10.2 Å². The van der Waals surface area contributed by atoms with E-state index in [9.17, 15) is 14.4 Å². The zero-order valence-corrected chi connectivity index (χ0v) is 21.3. The summed E-state index contributed by atoms with van der Waals surface area (Å²) in [5.41, 5.74) is 1.29. The molecule has 0 aliphatic rings.